The molecule has 0 saturated heterocycles. The van der Waals surface area contributed by atoms with Crippen LogP contribution in [0, 0.1) is 5.92 Å². The Labute approximate surface area is 102 Å². The van der Waals surface area contributed by atoms with E-state index in [1.807, 2.05) is 6.92 Å². The van der Waals surface area contributed by atoms with E-state index in [0.717, 1.165) is 4.47 Å². The molecule has 1 atom stereocenters. The molecule has 86 valence electrons. The molecule has 0 fully saturated rings. The highest BCUT2D eigenvalue weighted by Gasteiger charge is 2.16. The Kier molecular flexibility index (Phi) is 4.72. The molecule has 0 aliphatic heterocycles. The summed E-state index contributed by atoms with van der Waals surface area (Å²) in [5.74, 6) is 0.142. The molecule has 1 aromatic rings. The zero-order chi connectivity index (χ0) is 11.5. The van der Waals surface area contributed by atoms with Gasteiger partial charge in [-0.2, -0.15) is 0 Å². The molecule has 0 bridgehead atoms. The maximum Gasteiger partial charge on any atom is 0.250 e. The van der Waals surface area contributed by atoms with Crippen LogP contribution in [0.4, 0.5) is 0 Å². The highest BCUT2D eigenvalue weighted by atomic mass is 79.9. The average molecular weight is 313 g/mol. The van der Waals surface area contributed by atoms with Gasteiger partial charge < -0.3 is 5.73 Å². The first-order valence-corrected chi connectivity index (χ1v) is 7.55. The number of sulfonamides is 1. The van der Waals surface area contributed by atoms with Crippen LogP contribution in [0.15, 0.2) is 20.1 Å². The molecule has 15 heavy (non-hydrogen) atoms. The lowest BCUT2D eigenvalue weighted by atomic mass is 10.2. The smallest absolute Gasteiger partial charge is 0.250 e. The van der Waals surface area contributed by atoms with Crippen LogP contribution in [-0.4, -0.2) is 21.5 Å². The molecule has 1 heterocycles. The molecular formula is C8H13BrN2O2S2. The first-order chi connectivity index (χ1) is 6.95. The Morgan fingerprint density at radius 3 is 2.80 bits per heavy atom. The molecule has 0 spiro atoms. The SMILES string of the molecule is CC(CN)CNS(=O)(=O)c1cc(Br)cs1. The maximum absolute atomic E-state index is 11.7. The zero-order valence-corrected chi connectivity index (χ0v) is 11.5. The molecule has 7 heteroatoms. The molecular weight excluding hydrogens is 300 g/mol. The largest absolute Gasteiger partial charge is 0.330 e. The minimum atomic E-state index is -3.36. The fourth-order valence-electron chi connectivity index (χ4n) is 0.842. The van der Waals surface area contributed by atoms with Gasteiger partial charge >= 0.3 is 0 Å². The van der Waals surface area contributed by atoms with Crippen LogP contribution >= 0.6 is 27.3 Å². The fourth-order valence-corrected chi connectivity index (χ4v) is 3.90. The van der Waals surface area contributed by atoms with Crippen molar-refractivity contribution in [3.8, 4) is 0 Å². The third-order valence-corrected chi connectivity index (χ3v) is 5.46. The van der Waals surface area contributed by atoms with Crippen LogP contribution in [0.25, 0.3) is 0 Å². The van der Waals surface area contributed by atoms with E-state index in [2.05, 4.69) is 20.7 Å². The second kappa shape index (κ2) is 5.40. The van der Waals surface area contributed by atoms with E-state index in [9.17, 15) is 8.42 Å². The Bertz CT molecular complexity index is 416. The molecule has 0 aliphatic carbocycles. The van der Waals surface area contributed by atoms with Gasteiger partial charge in [-0.15, -0.1) is 11.3 Å². The van der Waals surface area contributed by atoms with E-state index in [-0.39, 0.29) is 5.92 Å². The first-order valence-electron chi connectivity index (χ1n) is 4.39. The lowest BCUT2D eigenvalue weighted by Gasteiger charge is -2.09. The second-order valence-corrected chi connectivity index (χ2v) is 7.10. The summed E-state index contributed by atoms with van der Waals surface area (Å²) >= 11 is 4.40. The summed E-state index contributed by atoms with van der Waals surface area (Å²) in [6.07, 6.45) is 0. The van der Waals surface area contributed by atoms with Gasteiger partial charge in [-0.3, -0.25) is 0 Å². The average Bonchev–Trinajstić information content (AvgIpc) is 2.62. The van der Waals surface area contributed by atoms with Crippen LogP contribution in [0.1, 0.15) is 6.92 Å². The van der Waals surface area contributed by atoms with Crippen molar-refractivity contribution in [3.05, 3.63) is 15.9 Å². The van der Waals surface area contributed by atoms with Crippen molar-refractivity contribution in [3.63, 3.8) is 0 Å². The van der Waals surface area contributed by atoms with Gasteiger partial charge in [0.05, 0.1) is 0 Å². The van der Waals surface area contributed by atoms with Crippen molar-refractivity contribution in [2.75, 3.05) is 13.1 Å². The van der Waals surface area contributed by atoms with Gasteiger partial charge in [0.2, 0.25) is 10.0 Å². The predicted octanol–water partition coefficient (Wildman–Crippen LogP) is 1.38. The van der Waals surface area contributed by atoms with E-state index in [4.69, 9.17) is 5.73 Å². The van der Waals surface area contributed by atoms with Crippen LogP contribution in [0.3, 0.4) is 0 Å². The Morgan fingerprint density at radius 1 is 1.67 bits per heavy atom. The molecule has 1 aromatic heterocycles. The summed E-state index contributed by atoms with van der Waals surface area (Å²) < 4.78 is 27.0. The van der Waals surface area contributed by atoms with Gasteiger partial charge in [-0.25, -0.2) is 13.1 Å². The van der Waals surface area contributed by atoms with Crippen LogP contribution < -0.4 is 10.5 Å². The summed E-state index contributed by atoms with van der Waals surface area (Å²) in [5.41, 5.74) is 5.40. The van der Waals surface area contributed by atoms with Crippen molar-refractivity contribution >= 4 is 37.3 Å². The summed E-state index contributed by atoms with van der Waals surface area (Å²) in [6, 6.07) is 1.58. The van der Waals surface area contributed by atoms with Gasteiger partial charge in [0.1, 0.15) is 4.21 Å². The number of hydrogen-bond donors (Lipinski definition) is 2. The first kappa shape index (κ1) is 13.1. The molecule has 0 aromatic carbocycles. The molecule has 1 rings (SSSR count). The van der Waals surface area contributed by atoms with Crippen LogP contribution in [0.5, 0.6) is 0 Å². The Hall–Kier alpha value is 0.0500. The van der Waals surface area contributed by atoms with Crippen LogP contribution in [0.2, 0.25) is 0 Å². The maximum atomic E-state index is 11.7. The monoisotopic (exact) mass is 312 g/mol. The number of rotatable bonds is 5. The van der Waals surface area contributed by atoms with E-state index in [1.54, 1.807) is 11.4 Å². The highest BCUT2D eigenvalue weighted by Crippen LogP contribution is 2.23. The standard InChI is InChI=1S/C8H13BrN2O2S2/c1-6(3-10)4-11-15(12,13)8-2-7(9)5-14-8/h2,5-6,11H,3-4,10H2,1H3. The third-order valence-electron chi connectivity index (χ3n) is 1.83. The van der Waals surface area contributed by atoms with E-state index < -0.39 is 10.0 Å². The summed E-state index contributed by atoms with van der Waals surface area (Å²) in [7, 11) is -3.36. The number of nitrogens with two attached hydrogens (primary N) is 1. The molecule has 4 nitrogen and oxygen atoms in total. The van der Waals surface area contributed by atoms with Crippen molar-refractivity contribution in [1.82, 2.24) is 4.72 Å². The Morgan fingerprint density at radius 2 is 2.33 bits per heavy atom. The van der Waals surface area contributed by atoms with Crippen molar-refractivity contribution in [2.24, 2.45) is 11.7 Å². The molecule has 3 N–H and O–H groups in total. The summed E-state index contributed by atoms with van der Waals surface area (Å²) in [6.45, 7) is 2.73. The molecule has 0 aliphatic rings. The Balaban J connectivity index is 2.68. The predicted molar refractivity (Wildman–Crippen MR) is 65.4 cm³/mol. The topological polar surface area (TPSA) is 72.2 Å². The minimum Gasteiger partial charge on any atom is -0.330 e. The third kappa shape index (κ3) is 3.84. The van der Waals surface area contributed by atoms with Gasteiger partial charge in [0.25, 0.3) is 0 Å². The van der Waals surface area contributed by atoms with E-state index in [0.29, 0.717) is 17.3 Å². The number of thiophene rings is 1. The van der Waals surface area contributed by atoms with Crippen LogP contribution in [-0.2, 0) is 10.0 Å². The second-order valence-electron chi connectivity index (χ2n) is 3.28. The van der Waals surface area contributed by atoms with Gasteiger partial charge in [-0.1, -0.05) is 6.92 Å². The number of halogens is 1. The molecule has 0 saturated carbocycles. The van der Waals surface area contributed by atoms with Gasteiger partial charge in [0.15, 0.2) is 0 Å². The van der Waals surface area contributed by atoms with Gasteiger partial charge in [0, 0.05) is 16.4 Å². The van der Waals surface area contributed by atoms with E-state index >= 15 is 0 Å². The lowest BCUT2D eigenvalue weighted by Crippen LogP contribution is -2.30. The molecule has 0 amide bonds. The highest BCUT2D eigenvalue weighted by molar-refractivity contribution is 9.10. The fraction of sp³-hybridized carbons (Fsp3) is 0.500. The van der Waals surface area contributed by atoms with Crippen molar-refractivity contribution in [2.45, 2.75) is 11.1 Å². The molecule has 0 radical (unpaired) electrons. The summed E-state index contributed by atoms with van der Waals surface area (Å²) in [5, 5.41) is 1.74. The lowest BCUT2D eigenvalue weighted by molar-refractivity contribution is 0.546. The van der Waals surface area contributed by atoms with Crippen molar-refractivity contribution in [1.29, 1.82) is 0 Å². The molecule has 1 unspecified atom stereocenters. The minimum absolute atomic E-state index is 0.142. The number of nitrogens with one attached hydrogen (secondary N) is 1. The zero-order valence-electron chi connectivity index (χ0n) is 8.23. The quantitative estimate of drug-likeness (QED) is 0.863. The van der Waals surface area contributed by atoms with E-state index in [1.165, 1.54) is 11.3 Å². The van der Waals surface area contributed by atoms with Gasteiger partial charge in [-0.05, 0) is 34.5 Å². The van der Waals surface area contributed by atoms with Crippen molar-refractivity contribution < 1.29 is 8.42 Å². The normalized spacial score (nSPS) is 14.1. The number of hydrogen-bond acceptors (Lipinski definition) is 4. The summed E-state index contributed by atoms with van der Waals surface area (Å²) in [4.78, 5) is 0.